The first-order chi connectivity index (χ1) is 9.56. The molecule has 0 aromatic heterocycles. The fourth-order valence-corrected chi connectivity index (χ4v) is 2.42. The quantitative estimate of drug-likeness (QED) is 0.798. The summed E-state index contributed by atoms with van der Waals surface area (Å²) in [7, 11) is 0. The van der Waals surface area contributed by atoms with Gasteiger partial charge in [0.1, 0.15) is 0 Å². The number of ketones is 1. The monoisotopic (exact) mass is 268 g/mol. The van der Waals surface area contributed by atoms with Gasteiger partial charge >= 0.3 is 0 Å². The summed E-state index contributed by atoms with van der Waals surface area (Å²) in [6.45, 7) is 3.45. The smallest absolute Gasteiger partial charge is 0.252 e. The molecule has 0 bridgehead atoms. The van der Waals surface area contributed by atoms with E-state index in [0.717, 1.165) is 5.56 Å². The zero-order chi connectivity index (χ0) is 14.2. The van der Waals surface area contributed by atoms with Crippen LogP contribution in [0.15, 0.2) is 48.5 Å². The van der Waals surface area contributed by atoms with Gasteiger partial charge in [-0.15, -0.1) is 0 Å². The molecule has 3 nitrogen and oxygen atoms in total. The molecule has 0 saturated carbocycles. The molecule has 20 heavy (non-hydrogen) atoms. The molecule has 2 aromatic rings. The van der Waals surface area contributed by atoms with Gasteiger partial charge in [-0.05, 0) is 30.7 Å². The highest BCUT2D eigenvalue weighted by Gasteiger charge is 2.37. The Morgan fingerprint density at radius 3 is 2.45 bits per heavy atom. The lowest BCUT2D eigenvalue weighted by atomic mass is 10.1. The van der Waals surface area contributed by atoms with E-state index in [2.05, 4.69) is 0 Å². The van der Waals surface area contributed by atoms with Crippen LogP contribution in [0.4, 0.5) is 0 Å². The number of fused-ring (bicyclic) bond motifs is 1. The molecule has 0 amide bonds. The van der Waals surface area contributed by atoms with Crippen LogP contribution >= 0.6 is 0 Å². The summed E-state index contributed by atoms with van der Waals surface area (Å²) in [4.78, 5) is 11.4. The molecule has 0 aliphatic carbocycles. The largest absolute Gasteiger partial charge is 0.448 e. The Labute approximate surface area is 118 Å². The molecule has 1 unspecified atom stereocenters. The van der Waals surface area contributed by atoms with Crippen LogP contribution in [0.2, 0.25) is 0 Å². The summed E-state index contributed by atoms with van der Waals surface area (Å²) >= 11 is 0. The van der Waals surface area contributed by atoms with Crippen molar-refractivity contribution in [2.45, 2.75) is 26.1 Å². The fraction of sp³-hybridized carbons (Fsp3) is 0.235. The Hall–Kier alpha value is -2.29. The molecule has 0 spiro atoms. The van der Waals surface area contributed by atoms with Crippen LogP contribution in [0.5, 0.6) is 11.5 Å². The lowest BCUT2D eigenvalue weighted by molar-refractivity contribution is -0.0604. The van der Waals surface area contributed by atoms with Crippen LogP contribution in [0.25, 0.3) is 0 Å². The summed E-state index contributed by atoms with van der Waals surface area (Å²) < 4.78 is 11.8. The highest BCUT2D eigenvalue weighted by atomic mass is 16.7. The minimum atomic E-state index is -0.723. The van der Waals surface area contributed by atoms with E-state index in [1.54, 1.807) is 25.1 Å². The predicted molar refractivity (Wildman–Crippen MR) is 76.3 cm³/mol. The Morgan fingerprint density at radius 2 is 1.75 bits per heavy atom. The first-order valence-corrected chi connectivity index (χ1v) is 6.63. The van der Waals surface area contributed by atoms with Gasteiger partial charge in [0.25, 0.3) is 5.79 Å². The number of benzene rings is 2. The second-order valence-electron chi connectivity index (χ2n) is 5.22. The maximum Gasteiger partial charge on any atom is 0.252 e. The third kappa shape index (κ3) is 2.39. The van der Waals surface area contributed by atoms with Crippen molar-refractivity contribution >= 4 is 5.78 Å². The average molecular weight is 268 g/mol. The summed E-state index contributed by atoms with van der Waals surface area (Å²) in [5, 5.41) is 0. The van der Waals surface area contributed by atoms with Crippen molar-refractivity contribution in [2.75, 3.05) is 0 Å². The summed E-state index contributed by atoms with van der Waals surface area (Å²) in [5.41, 5.74) is 1.78. The highest BCUT2D eigenvalue weighted by Crippen LogP contribution is 2.41. The fourth-order valence-electron chi connectivity index (χ4n) is 2.42. The van der Waals surface area contributed by atoms with Crippen molar-refractivity contribution in [3.05, 3.63) is 59.7 Å². The second kappa shape index (κ2) is 4.67. The van der Waals surface area contributed by atoms with Crippen LogP contribution in [-0.2, 0) is 6.42 Å². The minimum absolute atomic E-state index is 0.0214. The first-order valence-electron chi connectivity index (χ1n) is 6.63. The Bertz CT molecular complexity index is 649. The van der Waals surface area contributed by atoms with Gasteiger partial charge in [-0.2, -0.15) is 0 Å². The van der Waals surface area contributed by atoms with E-state index in [4.69, 9.17) is 9.47 Å². The third-order valence-electron chi connectivity index (χ3n) is 3.37. The predicted octanol–water partition coefficient (Wildman–Crippen LogP) is 3.62. The molecule has 1 heterocycles. The van der Waals surface area contributed by atoms with E-state index in [1.807, 2.05) is 37.3 Å². The summed E-state index contributed by atoms with van der Waals surface area (Å²) in [6.07, 6.45) is 0.651. The standard InChI is InChI=1S/C17H16O3/c1-12(18)14-8-9-15-16(10-14)20-17(2,19-15)11-13-6-4-3-5-7-13/h3-10H,11H2,1-2H3. The zero-order valence-electron chi connectivity index (χ0n) is 11.6. The van der Waals surface area contributed by atoms with Gasteiger partial charge in [0.2, 0.25) is 0 Å². The van der Waals surface area contributed by atoms with Crippen molar-refractivity contribution in [3.8, 4) is 11.5 Å². The van der Waals surface area contributed by atoms with Crippen molar-refractivity contribution < 1.29 is 14.3 Å². The third-order valence-corrected chi connectivity index (χ3v) is 3.37. The molecule has 1 aliphatic heterocycles. The van der Waals surface area contributed by atoms with E-state index in [1.165, 1.54) is 0 Å². The van der Waals surface area contributed by atoms with Crippen LogP contribution in [0, 0.1) is 0 Å². The molecular formula is C17H16O3. The van der Waals surface area contributed by atoms with E-state index >= 15 is 0 Å². The maximum atomic E-state index is 11.4. The van der Waals surface area contributed by atoms with Gasteiger partial charge < -0.3 is 9.47 Å². The number of Topliss-reactive ketones (excluding diaryl/α,β-unsaturated/α-hetero) is 1. The van der Waals surface area contributed by atoms with Gasteiger partial charge in [0.05, 0.1) is 0 Å². The molecule has 102 valence electrons. The summed E-state index contributed by atoms with van der Waals surface area (Å²) in [6, 6.07) is 15.4. The summed E-state index contributed by atoms with van der Waals surface area (Å²) in [5.74, 6) is 0.622. The van der Waals surface area contributed by atoms with Crippen molar-refractivity contribution in [2.24, 2.45) is 0 Å². The number of hydrogen-bond acceptors (Lipinski definition) is 3. The molecule has 1 atom stereocenters. The van der Waals surface area contributed by atoms with Crippen LogP contribution in [0.3, 0.4) is 0 Å². The zero-order valence-corrected chi connectivity index (χ0v) is 11.6. The van der Waals surface area contributed by atoms with E-state index < -0.39 is 5.79 Å². The maximum absolute atomic E-state index is 11.4. The number of rotatable bonds is 3. The Balaban J connectivity index is 1.84. The average Bonchev–Trinajstić information content (AvgIpc) is 2.74. The molecule has 3 heteroatoms. The molecule has 3 rings (SSSR count). The topological polar surface area (TPSA) is 35.5 Å². The first kappa shape index (κ1) is 12.7. The van der Waals surface area contributed by atoms with Gasteiger partial charge in [0, 0.05) is 18.9 Å². The number of hydrogen-bond donors (Lipinski definition) is 0. The molecular weight excluding hydrogens is 252 g/mol. The lowest BCUT2D eigenvalue weighted by Crippen LogP contribution is -2.37. The number of carbonyl (C=O) groups excluding carboxylic acids is 1. The van der Waals surface area contributed by atoms with Crippen LogP contribution in [0.1, 0.15) is 29.8 Å². The Morgan fingerprint density at radius 1 is 1.05 bits per heavy atom. The molecule has 1 aliphatic rings. The molecule has 0 saturated heterocycles. The Kier molecular flexibility index (Phi) is 2.97. The van der Waals surface area contributed by atoms with E-state index in [9.17, 15) is 4.79 Å². The van der Waals surface area contributed by atoms with E-state index in [-0.39, 0.29) is 5.78 Å². The van der Waals surface area contributed by atoms with Gasteiger partial charge in [0.15, 0.2) is 17.3 Å². The highest BCUT2D eigenvalue weighted by molar-refractivity contribution is 5.94. The van der Waals surface area contributed by atoms with Crippen molar-refractivity contribution in [1.82, 2.24) is 0 Å². The van der Waals surface area contributed by atoms with Crippen molar-refractivity contribution in [3.63, 3.8) is 0 Å². The van der Waals surface area contributed by atoms with Crippen LogP contribution in [-0.4, -0.2) is 11.6 Å². The second-order valence-corrected chi connectivity index (χ2v) is 5.22. The van der Waals surface area contributed by atoms with Crippen molar-refractivity contribution in [1.29, 1.82) is 0 Å². The molecule has 0 radical (unpaired) electrons. The number of carbonyl (C=O) groups is 1. The minimum Gasteiger partial charge on any atom is -0.448 e. The van der Waals surface area contributed by atoms with Crippen LogP contribution < -0.4 is 9.47 Å². The van der Waals surface area contributed by atoms with E-state index in [0.29, 0.717) is 23.5 Å². The van der Waals surface area contributed by atoms with Gasteiger partial charge in [-0.25, -0.2) is 0 Å². The molecule has 0 N–H and O–H groups in total. The molecule has 2 aromatic carbocycles. The normalized spacial score (nSPS) is 19.9. The van der Waals surface area contributed by atoms with Gasteiger partial charge in [-0.1, -0.05) is 30.3 Å². The molecule has 0 fully saturated rings. The SMILES string of the molecule is CC(=O)c1ccc2c(c1)OC(C)(Cc1ccccc1)O2. The van der Waals surface area contributed by atoms with Gasteiger partial charge in [-0.3, -0.25) is 4.79 Å². The lowest BCUT2D eigenvalue weighted by Gasteiger charge is -2.23. The number of ether oxygens (including phenoxy) is 2.